The van der Waals surface area contributed by atoms with Gasteiger partial charge in [-0.2, -0.15) is 0 Å². The largest absolute Gasteiger partial charge is 0.490 e. The number of hydrogen-bond donors (Lipinski definition) is 3. The Hall–Kier alpha value is -1.86. The van der Waals surface area contributed by atoms with E-state index in [1.807, 2.05) is 6.07 Å². The standard InChI is InChI=1S/C14H19N3O4/c1-14(20)5-10(6-14)17-12-9(7-16-13(17)19)4-11(8-15-12)21-3-2-18/h4,8,10,18,20H,2-3,5-7H2,1H3,(H,16,19). The molecule has 0 aromatic carbocycles. The Kier molecular flexibility index (Phi) is 3.46. The third kappa shape index (κ3) is 2.66. The number of anilines is 1. The van der Waals surface area contributed by atoms with E-state index in [0.29, 0.717) is 31.0 Å². The summed E-state index contributed by atoms with van der Waals surface area (Å²) in [5, 5.41) is 21.4. The van der Waals surface area contributed by atoms with E-state index in [1.165, 1.54) is 0 Å². The molecule has 1 saturated carbocycles. The molecular weight excluding hydrogens is 274 g/mol. The van der Waals surface area contributed by atoms with Crippen molar-refractivity contribution in [3.8, 4) is 5.75 Å². The molecule has 2 heterocycles. The molecule has 0 atom stereocenters. The number of carbonyl (C=O) groups is 1. The highest BCUT2D eigenvalue weighted by Gasteiger charge is 2.45. The van der Waals surface area contributed by atoms with Crippen LogP contribution in [-0.2, 0) is 6.54 Å². The smallest absolute Gasteiger partial charge is 0.323 e. The number of rotatable bonds is 4. The molecule has 3 rings (SSSR count). The van der Waals surface area contributed by atoms with E-state index in [0.717, 1.165) is 5.56 Å². The molecule has 0 spiro atoms. The molecule has 2 aliphatic rings. The van der Waals surface area contributed by atoms with Gasteiger partial charge in [0.25, 0.3) is 0 Å². The quantitative estimate of drug-likeness (QED) is 0.747. The highest BCUT2D eigenvalue weighted by Crippen LogP contribution is 2.39. The Morgan fingerprint density at radius 3 is 3.00 bits per heavy atom. The minimum Gasteiger partial charge on any atom is -0.490 e. The van der Waals surface area contributed by atoms with Crippen LogP contribution in [0.1, 0.15) is 25.3 Å². The molecular formula is C14H19N3O4. The van der Waals surface area contributed by atoms with Crippen molar-refractivity contribution in [3.63, 3.8) is 0 Å². The van der Waals surface area contributed by atoms with Gasteiger partial charge in [-0.05, 0) is 25.8 Å². The number of hydrogen-bond acceptors (Lipinski definition) is 5. The maximum atomic E-state index is 12.1. The van der Waals surface area contributed by atoms with E-state index >= 15 is 0 Å². The Labute approximate surface area is 122 Å². The fraction of sp³-hybridized carbons (Fsp3) is 0.571. The van der Waals surface area contributed by atoms with Crippen LogP contribution in [0.3, 0.4) is 0 Å². The summed E-state index contributed by atoms with van der Waals surface area (Å²) in [4.78, 5) is 18.0. The first-order valence-corrected chi connectivity index (χ1v) is 7.02. The van der Waals surface area contributed by atoms with Crippen molar-refractivity contribution in [2.75, 3.05) is 18.1 Å². The molecule has 7 nitrogen and oxygen atoms in total. The summed E-state index contributed by atoms with van der Waals surface area (Å²) in [7, 11) is 0. The maximum absolute atomic E-state index is 12.1. The molecule has 1 aliphatic carbocycles. The molecule has 1 aromatic heterocycles. The number of ether oxygens (including phenoxy) is 1. The van der Waals surface area contributed by atoms with Crippen LogP contribution in [0.25, 0.3) is 0 Å². The van der Waals surface area contributed by atoms with Gasteiger partial charge in [0.15, 0.2) is 0 Å². The summed E-state index contributed by atoms with van der Waals surface area (Å²) >= 11 is 0. The van der Waals surface area contributed by atoms with Crippen LogP contribution in [0, 0.1) is 0 Å². The van der Waals surface area contributed by atoms with E-state index in [2.05, 4.69) is 10.3 Å². The first kappa shape index (κ1) is 14.1. The number of aliphatic hydroxyl groups is 2. The number of nitrogens with zero attached hydrogens (tertiary/aromatic N) is 2. The molecule has 114 valence electrons. The van der Waals surface area contributed by atoms with Gasteiger partial charge in [-0.25, -0.2) is 9.78 Å². The molecule has 21 heavy (non-hydrogen) atoms. The van der Waals surface area contributed by atoms with Gasteiger partial charge in [0.05, 0.1) is 18.4 Å². The summed E-state index contributed by atoms with van der Waals surface area (Å²) in [5.74, 6) is 1.19. The van der Waals surface area contributed by atoms with E-state index < -0.39 is 5.60 Å². The normalized spacial score (nSPS) is 27.7. The molecule has 1 aliphatic heterocycles. The lowest BCUT2D eigenvalue weighted by Crippen LogP contribution is -2.59. The molecule has 0 radical (unpaired) electrons. The van der Waals surface area contributed by atoms with Crippen LogP contribution in [-0.4, -0.2) is 46.1 Å². The first-order chi connectivity index (χ1) is 10.00. The van der Waals surface area contributed by atoms with Gasteiger partial charge < -0.3 is 20.3 Å². The summed E-state index contributed by atoms with van der Waals surface area (Å²) in [5.41, 5.74) is 0.170. The molecule has 1 aromatic rings. The maximum Gasteiger partial charge on any atom is 0.323 e. The molecule has 7 heteroatoms. The zero-order chi connectivity index (χ0) is 15.0. The van der Waals surface area contributed by atoms with Gasteiger partial charge in [-0.15, -0.1) is 0 Å². The van der Waals surface area contributed by atoms with Gasteiger partial charge in [0.2, 0.25) is 0 Å². The molecule has 2 amide bonds. The molecule has 3 N–H and O–H groups in total. The predicted octanol–water partition coefficient (Wildman–Crippen LogP) is 0.396. The van der Waals surface area contributed by atoms with Gasteiger partial charge >= 0.3 is 6.03 Å². The van der Waals surface area contributed by atoms with E-state index in [-0.39, 0.29) is 25.3 Å². The van der Waals surface area contributed by atoms with Crippen molar-refractivity contribution in [2.45, 2.75) is 38.0 Å². The third-order valence-corrected chi connectivity index (χ3v) is 3.87. The number of urea groups is 1. The minimum absolute atomic E-state index is 0.0317. The van der Waals surface area contributed by atoms with Crippen molar-refractivity contribution < 1.29 is 19.7 Å². The van der Waals surface area contributed by atoms with E-state index in [9.17, 15) is 9.90 Å². The van der Waals surface area contributed by atoms with Crippen molar-refractivity contribution in [3.05, 3.63) is 17.8 Å². The highest BCUT2D eigenvalue weighted by atomic mass is 16.5. The van der Waals surface area contributed by atoms with Crippen LogP contribution in [0.5, 0.6) is 5.75 Å². The van der Waals surface area contributed by atoms with Crippen LogP contribution < -0.4 is 15.0 Å². The molecule has 0 bridgehead atoms. The van der Waals surface area contributed by atoms with E-state index in [4.69, 9.17) is 9.84 Å². The SMILES string of the molecule is CC1(O)CC(N2C(=O)NCc3cc(OCCO)cnc32)C1. The lowest BCUT2D eigenvalue weighted by molar-refractivity contribution is -0.0292. The number of pyridine rings is 1. The fourth-order valence-electron chi connectivity index (χ4n) is 2.90. The summed E-state index contributed by atoms with van der Waals surface area (Å²) in [6.07, 6.45) is 2.64. The van der Waals surface area contributed by atoms with Gasteiger partial charge in [0.1, 0.15) is 18.2 Å². The number of amides is 2. The Balaban J connectivity index is 1.83. The second-order valence-electron chi connectivity index (χ2n) is 5.81. The average Bonchev–Trinajstić information content (AvgIpc) is 2.42. The van der Waals surface area contributed by atoms with Crippen molar-refractivity contribution in [2.24, 2.45) is 0 Å². The summed E-state index contributed by atoms with van der Waals surface area (Å²) in [6.45, 7) is 2.32. The van der Waals surface area contributed by atoms with Gasteiger partial charge in [-0.1, -0.05) is 0 Å². The van der Waals surface area contributed by atoms with E-state index in [1.54, 1.807) is 18.0 Å². The minimum atomic E-state index is -0.702. The van der Waals surface area contributed by atoms with Crippen LogP contribution in [0.15, 0.2) is 12.3 Å². The number of aliphatic hydroxyl groups excluding tert-OH is 1. The average molecular weight is 293 g/mol. The second-order valence-corrected chi connectivity index (χ2v) is 5.81. The van der Waals surface area contributed by atoms with Gasteiger partial charge in [-0.3, -0.25) is 4.90 Å². The zero-order valence-electron chi connectivity index (χ0n) is 11.9. The molecule has 1 fully saturated rings. The number of nitrogens with one attached hydrogen (secondary N) is 1. The fourth-order valence-corrected chi connectivity index (χ4v) is 2.90. The third-order valence-electron chi connectivity index (χ3n) is 3.87. The summed E-state index contributed by atoms with van der Waals surface area (Å²) < 4.78 is 5.33. The summed E-state index contributed by atoms with van der Waals surface area (Å²) in [6, 6.07) is 1.61. The predicted molar refractivity (Wildman–Crippen MR) is 75.2 cm³/mol. The molecule has 0 saturated heterocycles. The number of carbonyl (C=O) groups excluding carboxylic acids is 1. The number of aromatic nitrogens is 1. The zero-order valence-corrected chi connectivity index (χ0v) is 11.9. The Morgan fingerprint density at radius 1 is 1.57 bits per heavy atom. The van der Waals surface area contributed by atoms with Crippen molar-refractivity contribution in [1.82, 2.24) is 10.3 Å². The molecule has 0 unspecified atom stereocenters. The Morgan fingerprint density at radius 2 is 2.33 bits per heavy atom. The van der Waals surface area contributed by atoms with Crippen LogP contribution in [0.4, 0.5) is 10.6 Å². The van der Waals surface area contributed by atoms with Crippen LogP contribution >= 0.6 is 0 Å². The second kappa shape index (κ2) is 5.16. The first-order valence-electron chi connectivity index (χ1n) is 7.02. The Bertz CT molecular complexity index is 553. The van der Waals surface area contributed by atoms with Crippen LogP contribution in [0.2, 0.25) is 0 Å². The topological polar surface area (TPSA) is 94.9 Å². The van der Waals surface area contributed by atoms with Gasteiger partial charge in [0, 0.05) is 18.2 Å². The monoisotopic (exact) mass is 293 g/mol. The highest BCUT2D eigenvalue weighted by molar-refractivity contribution is 5.94. The van der Waals surface area contributed by atoms with Crippen molar-refractivity contribution >= 4 is 11.8 Å². The van der Waals surface area contributed by atoms with Crippen molar-refractivity contribution in [1.29, 1.82) is 0 Å². The lowest BCUT2D eigenvalue weighted by atomic mass is 9.76. The lowest BCUT2D eigenvalue weighted by Gasteiger charge is -2.47. The number of fused-ring (bicyclic) bond motifs is 1.